The summed E-state index contributed by atoms with van der Waals surface area (Å²) in [7, 11) is -3.77. The van der Waals surface area contributed by atoms with Gasteiger partial charge in [-0.25, -0.2) is 5.14 Å². The van der Waals surface area contributed by atoms with Crippen LogP contribution in [-0.2, 0) is 28.1 Å². The van der Waals surface area contributed by atoms with Gasteiger partial charge in [-0.05, 0) is 17.5 Å². The molecular weight excluding hydrogens is 326 g/mol. The van der Waals surface area contributed by atoms with Crippen molar-refractivity contribution in [1.82, 2.24) is 14.5 Å². The SMILES string of the molecule is NS(=O)(=O)N1Cc2n[nH]c(NC(=O)/C=C\c3cccs3)c2C1. The minimum atomic E-state index is -3.77. The maximum atomic E-state index is 11.9. The van der Waals surface area contributed by atoms with E-state index in [4.69, 9.17) is 5.14 Å². The van der Waals surface area contributed by atoms with Gasteiger partial charge in [0.05, 0.1) is 12.2 Å². The van der Waals surface area contributed by atoms with Crippen LogP contribution in [0.4, 0.5) is 5.82 Å². The molecule has 0 bridgehead atoms. The minimum Gasteiger partial charge on any atom is -0.307 e. The van der Waals surface area contributed by atoms with Crippen molar-refractivity contribution < 1.29 is 13.2 Å². The molecule has 10 heteroatoms. The third-order valence-electron chi connectivity index (χ3n) is 3.16. The van der Waals surface area contributed by atoms with Crippen LogP contribution in [0, 0.1) is 0 Å². The smallest absolute Gasteiger partial charge is 0.277 e. The summed E-state index contributed by atoms with van der Waals surface area (Å²) in [4.78, 5) is 12.8. The van der Waals surface area contributed by atoms with Gasteiger partial charge in [0, 0.05) is 23.1 Å². The number of aromatic amines is 1. The van der Waals surface area contributed by atoms with Crippen LogP contribution in [0.2, 0.25) is 0 Å². The van der Waals surface area contributed by atoms with Crippen molar-refractivity contribution in [1.29, 1.82) is 0 Å². The van der Waals surface area contributed by atoms with E-state index in [2.05, 4.69) is 15.5 Å². The molecule has 22 heavy (non-hydrogen) atoms. The molecule has 0 saturated heterocycles. The zero-order valence-electron chi connectivity index (χ0n) is 11.3. The number of carbonyl (C=O) groups excluding carboxylic acids is 1. The summed E-state index contributed by atoms with van der Waals surface area (Å²) < 4.78 is 23.8. The monoisotopic (exact) mass is 339 g/mol. The first-order valence-electron chi connectivity index (χ1n) is 6.30. The van der Waals surface area contributed by atoms with E-state index in [9.17, 15) is 13.2 Å². The van der Waals surface area contributed by atoms with Gasteiger partial charge in [0.25, 0.3) is 10.2 Å². The first-order valence-corrected chi connectivity index (χ1v) is 8.68. The third kappa shape index (κ3) is 3.09. The number of nitrogens with two attached hydrogens (primary N) is 1. The van der Waals surface area contributed by atoms with E-state index in [1.54, 1.807) is 6.08 Å². The van der Waals surface area contributed by atoms with Crippen molar-refractivity contribution in [2.45, 2.75) is 13.1 Å². The van der Waals surface area contributed by atoms with Crippen LogP contribution in [0.15, 0.2) is 23.6 Å². The lowest BCUT2D eigenvalue weighted by Crippen LogP contribution is -2.32. The van der Waals surface area contributed by atoms with Gasteiger partial charge in [-0.1, -0.05) is 6.07 Å². The van der Waals surface area contributed by atoms with E-state index in [-0.39, 0.29) is 19.0 Å². The van der Waals surface area contributed by atoms with E-state index >= 15 is 0 Å². The Balaban J connectivity index is 1.70. The molecule has 116 valence electrons. The number of carbonyl (C=O) groups is 1. The maximum Gasteiger partial charge on any atom is 0.277 e. The Bertz CT molecular complexity index is 823. The number of anilines is 1. The highest BCUT2D eigenvalue weighted by molar-refractivity contribution is 7.86. The molecule has 1 amide bonds. The topological polar surface area (TPSA) is 121 Å². The van der Waals surface area contributed by atoms with Crippen molar-refractivity contribution in [3.05, 3.63) is 39.7 Å². The molecular formula is C12H13N5O3S2. The summed E-state index contributed by atoms with van der Waals surface area (Å²) in [5.41, 5.74) is 1.19. The number of rotatable bonds is 4. The van der Waals surface area contributed by atoms with Gasteiger partial charge < -0.3 is 5.32 Å². The zero-order chi connectivity index (χ0) is 15.7. The Labute approximate surface area is 130 Å². The van der Waals surface area contributed by atoms with Crippen LogP contribution in [0.5, 0.6) is 0 Å². The highest BCUT2D eigenvalue weighted by atomic mass is 32.2. The van der Waals surface area contributed by atoms with Gasteiger partial charge in [0.1, 0.15) is 5.82 Å². The summed E-state index contributed by atoms with van der Waals surface area (Å²) in [6.45, 7) is 0.195. The quantitative estimate of drug-likeness (QED) is 0.708. The van der Waals surface area contributed by atoms with Gasteiger partial charge >= 0.3 is 0 Å². The molecule has 3 heterocycles. The zero-order valence-corrected chi connectivity index (χ0v) is 12.9. The Morgan fingerprint density at radius 2 is 2.32 bits per heavy atom. The summed E-state index contributed by atoms with van der Waals surface area (Å²) >= 11 is 1.52. The standard InChI is InChI=1S/C12H13N5O3S2/c13-22(19,20)17-6-9-10(7-17)15-16-12(9)14-11(18)4-3-8-2-1-5-21-8/h1-5H,6-7H2,(H2,13,19,20)(H2,14,15,16,18)/b4-3-. The molecule has 3 rings (SSSR count). The second-order valence-corrected chi connectivity index (χ2v) is 7.20. The molecule has 0 atom stereocenters. The van der Waals surface area contributed by atoms with Crippen molar-refractivity contribution in [2.24, 2.45) is 5.14 Å². The largest absolute Gasteiger partial charge is 0.307 e. The Morgan fingerprint density at radius 1 is 1.50 bits per heavy atom. The molecule has 0 aliphatic carbocycles. The van der Waals surface area contributed by atoms with Crippen LogP contribution >= 0.6 is 11.3 Å². The van der Waals surface area contributed by atoms with Crippen molar-refractivity contribution in [3.63, 3.8) is 0 Å². The van der Waals surface area contributed by atoms with Crippen LogP contribution < -0.4 is 10.5 Å². The van der Waals surface area contributed by atoms with Crippen molar-refractivity contribution in [3.8, 4) is 0 Å². The highest BCUT2D eigenvalue weighted by Crippen LogP contribution is 2.28. The number of nitrogens with one attached hydrogen (secondary N) is 2. The first-order chi connectivity index (χ1) is 10.4. The number of hydrogen-bond donors (Lipinski definition) is 3. The van der Waals surface area contributed by atoms with Crippen LogP contribution in [0.3, 0.4) is 0 Å². The second-order valence-electron chi connectivity index (χ2n) is 4.67. The van der Waals surface area contributed by atoms with Gasteiger partial charge in [0.2, 0.25) is 5.91 Å². The van der Waals surface area contributed by atoms with E-state index in [0.29, 0.717) is 17.1 Å². The fraction of sp³-hybridized carbons (Fsp3) is 0.167. The Morgan fingerprint density at radius 3 is 3.00 bits per heavy atom. The number of amides is 1. The average molecular weight is 339 g/mol. The number of nitrogens with zero attached hydrogens (tertiary/aromatic N) is 2. The molecule has 1 aliphatic rings. The summed E-state index contributed by atoms with van der Waals surface area (Å²) in [5, 5.41) is 16.4. The maximum absolute atomic E-state index is 11.9. The summed E-state index contributed by atoms with van der Waals surface area (Å²) in [5.74, 6) is 0.0656. The number of thiophene rings is 1. The molecule has 8 nitrogen and oxygen atoms in total. The number of fused-ring (bicyclic) bond motifs is 1. The van der Waals surface area contributed by atoms with Gasteiger partial charge in [-0.2, -0.15) is 17.8 Å². The molecule has 0 aromatic carbocycles. The van der Waals surface area contributed by atoms with Crippen LogP contribution in [-0.4, -0.2) is 28.8 Å². The lowest BCUT2D eigenvalue weighted by Gasteiger charge is -2.11. The number of aromatic nitrogens is 2. The van der Waals surface area contributed by atoms with Gasteiger partial charge in [0.15, 0.2) is 0 Å². The molecule has 0 radical (unpaired) electrons. The number of H-pyrrole nitrogens is 1. The van der Waals surface area contributed by atoms with E-state index in [1.807, 2.05) is 17.5 Å². The summed E-state index contributed by atoms with van der Waals surface area (Å²) in [6, 6.07) is 3.79. The third-order valence-corrected chi connectivity index (χ3v) is 4.98. The molecule has 0 unspecified atom stereocenters. The normalized spacial score (nSPS) is 15.3. The first kappa shape index (κ1) is 14.9. The van der Waals surface area contributed by atoms with Crippen LogP contribution in [0.25, 0.3) is 6.08 Å². The van der Waals surface area contributed by atoms with Crippen molar-refractivity contribution >= 4 is 39.3 Å². The average Bonchev–Trinajstić information content (AvgIpc) is 3.13. The van der Waals surface area contributed by atoms with Gasteiger partial charge in [-0.3, -0.25) is 9.89 Å². The lowest BCUT2D eigenvalue weighted by molar-refractivity contribution is -0.111. The Hall–Kier alpha value is -2.01. The lowest BCUT2D eigenvalue weighted by atomic mass is 10.3. The molecule has 0 saturated carbocycles. The molecule has 1 aliphatic heterocycles. The molecule has 4 N–H and O–H groups in total. The predicted molar refractivity (Wildman–Crippen MR) is 82.9 cm³/mol. The fourth-order valence-electron chi connectivity index (χ4n) is 2.10. The van der Waals surface area contributed by atoms with E-state index in [0.717, 1.165) is 9.18 Å². The predicted octanol–water partition coefficient (Wildman–Crippen LogP) is 0.642. The minimum absolute atomic E-state index is 0.0922. The summed E-state index contributed by atoms with van der Waals surface area (Å²) in [6.07, 6.45) is 3.11. The van der Waals surface area contributed by atoms with E-state index in [1.165, 1.54) is 17.4 Å². The Kier molecular flexibility index (Phi) is 3.83. The van der Waals surface area contributed by atoms with Crippen molar-refractivity contribution in [2.75, 3.05) is 5.32 Å². The fourth-order valence-corrected chi connectivity index (χ4v) is 3.32. The number of hydrogen-bond acceptors (Lipinski definition) is 5. The highest BCUT2D eigenvalue weighted by Gasteiger charge is 2.31. The molecule has 0 fully saturated rings. The molecule has 0 spiro atoms. The molecule has 2 aromatic rings. The van der Waals surface area contributed by atoms with E-state index < -0.39 is 10.2 Å². The van der Waals surface area contributed by atoms with Gasteiger partial charge in [-0.15, -0.1) is 11.3 Å². The van der Waals surface area contributed by atoms with Crippen LogP contribution in [0.1, 0.15) is 16.1 Å². The second kappa shape index (κ2) is 5.65. The molecule has 2 aromatic heterocycles.